The Hall–Kier alpha value is -2.72. The summed E-state index contributed by atoms with van der Waals surface area (Å²) in [4.78, 5) is 27.3. The number of hydrogen-bond donors (Lipinski definition) is 1. The lowest BCUT2D eigenvalue weighted by Gasteiger charge is -2.31. The van der Waals surface area contributed by atoms with Gasteiger partial charge in [-0.1, -0.05) is 37.6 Å². The van der Waals surface area contributed by atoms with Crippen molar-refractivity contribution >= 4 is 39.1 Å². The molecule has 34 heavy (non-hydrogen) atoms. The van der Waals surface area contributed by atoms with Crippen molar-refractivity contribution in [3.05, 3.63) is 64.7 Å². The molecule has 0 saturated heterocycles. The molecule has 2 rings (SSSR count). The van der Waals surface area contributed by atoms with E-state index in [1.807, 2.05) is 13.8 Å². The average molecular weight is 516 g/mol. The maximum Gasteiger partial charge on any atom is 0.244 e. The summed E-state index contributed by atoms with van der Waals surface area (Å²) in [5.41, 5.74) is 0.457. The van der Waals surface area contributed by atoms with Gasteiger partial charge < -0.3 is 10.2 Å². The molecule has 0 aliphatic rings. The summed E-state index contributed by atoms with van der Waals surface area (Å²) in [5.74, 6) is -3.32. The fourth-order valence-electron chi connectivity index (χ4n) is 3.08. The Bertz CT molecular complexity index is 1130. The summed E-state index contributed by atoms with van der Waals surface area (Å²) in [7, 11) is -4.04. The molecule has 0 aliphatic heterocycles. The zero-order valence-electron chi connectivity index (χ0n) is 19.4. The van der Waals surface area contributed by atoms with Gasteiger partial charge in [0.25, 0.3) is 0 Å². The Kier molecular flexibility index (Phi) is 9.40. The minimum Gasteiger partial charge on any atom is -0.354 e. The standard InChI is InChI=1S/C23H28ClF2N3O4S/c1-15(2)12-27-23(31)16(3)28(13-17-5-7-18(24)8-6-17)22(30)14-29(34(4,32)33)19-9-10-20(25)21(26)11-19/h5-11,15-16H,12-14H2,1-4H3,(H,27,31). The van der Waals surface area contributed by atoms with Crippen LogP contribution in [0.5, 0.6) is 0 Å². The minimum atomic E-state index is -4.04. The number of nitrogens with one attached hydrogen (secondary N) is 1. The van der Waals surface area contributed by atoms with Gasteiger partial charge in [0.05, 0.1) is 11.9 Å². The van der Waals surface area contributed by atoms with E-state index in [4.69, 9.17) is 11.6 Å². The molecule has 0 fully saturated rings. The van der Waals surface area contributed by atoms with Crippen LogP contribution in [0.4, 0.5) is 14.5 Å². The topological polar surface area (TPSA) is 86.8 Å². The smallest absolute Gasteiger partial charge is 0.244 e. The van der Waals surface area contributed by atoms with Crippen LogP contribution in [-0.2, 0) is 26.2 Å². The van der Waals surface area contributed by atoms with Crippen molar-refractivity contribution in [1.82, 2.24) is 10.2 Å². The van der Waals surface area contributed by atoms with E-state index in [9.17, 15) is 26.8 Å². The third-order valence-electron chi connectivity index (χ3n) is 4.99. The molecule has 0 radical (unpaired) electrons. The Morgan fingerprint density at radius 1 is 1.03 bits per heavy atom. The maximum atomic E-state index is 13.8. The van der Waals surface area contributed by atoms with Crippen LogP contribution in [0, 0.1) is 17.6 Å². The lowest BCUT2D eigenvalue weighted by atomic mass is 10.1. The molecule has 2 amide bonds. The molecule has 2 aromatic carbocycles. The minimum absolute atomic E-state index is 0.00164. The Morgan fingerprint density at radius 2 is 1.65 bits per heavy atom. The number of carbonyl (C=O) groups is 2. The van der Waals surface area contributed by atoms with E-state index in [2.05, 4.69) is 5.32 Å². The summed E-state index contributed by atoms with van der Waals surface area (Å²) < 4.78 is 52.6. The van der Waals surface area contributed by atoms with Crippen molar-refractivity contribution in [2.24, 2.45) is 5.92 Å². The first-order chi connectivity index (χ1) is 15.8. The molecule has 1 atom stereocenters. The van der Waals surface area contributed by atoms with Crippen LogP contribution in [0.3, 0.4) is 0 Å². The highest BCUT2D eigenvalue weighted by atomic mass is 35.5. The predicted molar refractivity (Wildman–Crippen MR) is 128 cm³/mol. The molecule has 0 bridgehead atoms. The van der Waals surface area contributed by atoms with Crippen molar-refractivity contribution in [2.45, 2.75) is 33.4 Å². The Balaban J connectivity index is 2.37. The van der Waals surface area contributed by atoms with Gasteiger partial charge in [-0.2, -0.15) is 0 Å². The SMILES string of the molecule is CC(C)CNC(=O)C(C)N(Cc1ccc(Cl)cc1)C(=O)CN(c1ccc(F)c(F)c1)S(C)(=O)=O. The molecule has 0 aliphatic carbocycles. The first kappa shape index (κ1) is 27.5. The van der Waals surface area contributed by atoms with Gasteiger partial charge in [0.2, 0.25) is 21.8 Å². The lowest BCUT2D eigenvalue weighted by molar-refractivity contribution is -0.139. The molecule has 0 spiro atoms. The molecule has 186 valence electrons. The van der Waals surface area contributed by atoms with Crippen molar-refractivity contribution in [3.8, 4) is 0 Å². The molecule has 1 N–H and O–H groups in total. The van der Waals surface area contributed by atoms with E-state index in [1.54, 1.807) is 24.3 Å². The average Bonchev–Trinajstić information content (AvgIpc) is 2.76. The van der Waals surface area contributed by atoms with Gasteiger partial charge in [-0.3, -0.25) is 13.9 Å². The summed E-state index contributed by atoms with van der Waals surface area (Å²) in [6.45, 7) is 5.07. The molecule has 7 nitrogen and oxygen atoms in total. The van der Waals surface area contributed by atoms with Gasteiger partial charge in [-0.25, -0.2) is 17.2 Å². The van der Waals surface area contributed by atoms with Gasteiger partial charge in [-0.15, -0.1) is 0 Å². The van der Waals surface area contributed by atoms with Crippen LogP contribution in [0.15, 0.2) is 42.5 Å². The van der Waals surface area contributed by atoms with Gasteiger partial charge in [-0.05, 0) is 42.7 Å². The lowest BCUT2D eigenvalue weighted by Crippen LogP contribution is -2.51. The van der Waals surface area contributed by atoms with E-state index in [0.717, 1.165) is 18.4 Å². The maximum absolute atomic E-state index is 13.8. The molecule has 11 heteroatoms. The highest BCUT2D eigenvalue weighted by Crippen LogP contribution is 2.22. The van der Waals surface area contributed by atoms with Crippen LogP contribution in [0.25, 0.3) is 0 Å². The highest BCUT2D eigenvalue weighted by Gasteiger charge is 2.30. The second-order valence-electron chi connectivity index (χ2n) is 8.33. The first-order valence-electron chi connectivity index (χ1n) is 10.5. The number of sulfonamides is 1. The van der Waals surface area contributed by atoms with Crippen LogP contribution < -0.4 is 9.62 Å². The zero-order chi connectivity index (χ0) is 25.6. The van der Waals surface area contributed by atoms with Crippen LogP contribution >= 0.6 is 11.6 Å². The van der Waals surface area contributed by atoms with E-state index in [0.29, 0.717) is 27.5 Å². The molecular formula is C23H28ClF2N3O4S. The summed E-state index contributed by atoms with van der Waals surface area (Å²) >= 11 is 5.93. The summed E-state index contributed by atoms with van der Waals surface area (Å²) in [6.07, 6.45) is 0.851. The van der Waals surface area contributed by atoms with Crippen molar-refractivity contribution in [1.29, 1.82) is 0 Å². The van der Waals surface area contributed by atoms with Crippen LogP contribution in [0.2, 0.25) is 5.02 Å². The van der Waals surface area contributed by atoms with Gasteiger partial charge in [0.1, 0.15) is 12.6 Å². The number of benzene rings is 2. The Morgan fingerprint density at radius 3 is 2.18 bits per heavy atom. The van der Waals surface area contributed by atoms with Gasteiger partial charge in [0.15, 0.2) is 11.6 Å². The summed E-state index contributed by atoms with van der Waals surface area (Å²) in [6, 6.07) is 8.24. The van der Waals surface area contributed by atoms with E-state index in [1.165, 1.54) is 11.8 Å². The third-order valence-corrected chi connectivity index (χ3v) is 6.38. The monoisotopic (exact) mass is 515 g/mol. The number of rotatable bonds is 10. The van der Waals surface area contributed by atoms with E-state index < -0.39 is 46.1 Å². The van der Waals surface area contributed by atoms with Crippen molar-refractivity contribution in [2.75, 3.05) is 23.7 Å². The zero-order valence-corrected chi connectivity index (χ0v) is 21.0. The van der Waals surface area contributed by atoms with E-state index in [-0.39, 0.29) is 18.2 Å². The second kappa shape index (κ2) is 11.6. The molecule has 0 aromatic heterocycles. The van der Waals surface area contributed by atoms with Crippen LogP contribution in [0.1, 0.15) is 26.3 Å². The fourth-order valence-corrected chi connectivity index (χ4v) is 4.04. The normalized spacial score (nSPS) is 12.4. The molecule has 2 aromatic rings. The predicted octanol–water partition coefficient (Wildman–Crippen LogP) is 3.57. The number of carbonyl (C=O) groups excluding carboxylic acids is 2. The Labute approximate surface area is 203 Å². The number of amides is 2. The highest BCUT2D eigenvalue weighted by molar-refractivity contribution is 7.92. The summed E-state index contributed by atoms with van der Waals surface area (Å²) in [5, 5.41) is 3.26. The second-order valence-corrected chi connectivity index (χ2v) is 10.7. The van der Waals surface area contributed by atoms with Crippen molar-refractivity contribution < 1.29 is 26.8 Å². The molecule has 1 unspecified atom stereocenters. The van der Waals surface area contributed by atoms with Crippen LogP contribution in [-0.4, -0.2) is 50.5 Å². The fraction of sp³-hybridized carbons (Fsp3) is 0.391. The molecule has 0 saturated carbocycles. The number of halogens is 3. The number of hydrogen-bond acceptors (Lipinski definition) is 4. The number of anilines is 1. The van der Waals surface area contributed by atoms with E-state index >= 15 is 0 Å². The molecule has 0 heterocycles. The third kappa shape index (κ3) is 7.66. The van der Waals surface area contributed by atoms with Gasteiger partial charge >= 0.3 is 0 Å². The number of nitrogens with zero attached hydrogens (tertiary/aromatic N) is 2. The molecular weight excluding hydrogens is 488 g/mol. The first-order valence-corrected chi connectivity index (χ1v) is 12.8. The van der Waals surface area contributed by atoms with Crippen molar-refractivity contribution in [3.63, 3.8) is 0 Å². The quantitative estimate of drug-likeness (QED) is 0.524. The largest absolute Gasteiger partial charge is 0.354 e. The van der Waals surface area contributed by atoms with Gasteiger partial charge in [0, 0.05) is 24.2 Å².